The number of amides is 1. The minimum Gasteiger partial charge on any atom is -0.290 e. The van der Waals surface area contributed by atoms with Crippen molar-refractivity contribution < 1.29 is 4.79 Å². The lowest BCUT2D eigenvalue weighted by Gasteiger charge is -2.29. The lowest BCUT2D eigenvalue weighted by molar-refractivity contribution is -0.120. The Bertz CT molecular complexity index is 123. The van der Waals surface area contributed by atoms with Crippen LogP contribution < -0.4 is 10.9 Å². The van der Waals surface area contributed by atoms with Gasteiger partial charge in [-0.05, 0) is 13.8 Å². The van der Waals surface area contributed by atoms with E-state index in [0.29, 0.717) is 5.75 Å². The molecule has 1 saturated heterocycles. The molecule has 0 radical (unpaired) electrons. The van der Waals surface area contributed by atoms with Gasteiger partial charge in [-0.25, -0.2) is 5.43 Å². The van der Waals surface area contributed by atoms with E-state index in [4.69, 9.17) is 0 Å². The number of nitrogens with one attached hydrogen (secondary N) is 2. The van der Waals surface area contributed by atoms with Crippen LogP contribution in [0.4, 0.5) is 0 Å². The molecular weight excluding hydrogens is 136 g/mol. The summed E-state index contributed by atoms with van der Waals surface area (Å²) < 4.78 is 0. The maximum absolute atomic E-state index is 10.6. The molecule has 0 bridgehead atoms. The van der Waals surface area contributed by atoms with Gasteiger partial charge in [-0.2, -0.15) is 0 Å². The third-order valence-electron chi connectivity index (χ3n) is 1.07. The van der Waals surface area contributed by atoms with Crippen LogP contribution in [0.2, 0.25) is 0 Å². The Hall–Kier alpha value is -0.220. The predicted octanol–water partition coefficient (Wildman–Crippen LogP) is 0.0901. The molecule has 0 aromatic carbocycles. The molecule has 3 nitrogen and oxygen atoms in total. The predicted molar refractivity (Wildman–Crippen MR) is 37.8 cm³/mol. The second kappa shape index (κ2) is 2.19. The fourth-order valence-corrected chi connectivity index (χ4v) is 1.23. The Kier molecular flexibility index (Phi) is 1.68. The summed E-state index contributed by atoms with van der Waals surface area (Å²) in [6.45, 7) is 4.05. The first kappa shape index (κ1) is 6.89. The van der Waals surface area contributed by atoms with E-state index in [-0.39, 0.29) is 10.8 Å². The molecule has 9 heavy (non-hydrogen) atoms. The lowest BCUT2D eigenvalue weighted by atomic mass is 10.4. The molecule has 1 rings (SSSR count). The second-order valence-electron chi connectivity index (χ2n) is 2.47. The molecule has 0 aromatic heterocycles. The lowest BCUT2D eigenvalue weighted by Crippen LogP contribution is -2.54. The number of rotatable bonds is 0. The average molecular weight is 146 g/mol. The Morgan fingerprint density at radius 2 is 2.33 bits per heavy atom. The molecule has 1 amide bonds. The first-order chi connectivity index (χ1) is 4.10. The molecule has 1 heterocycles. The van der Waals surface area contributed by atoms with Crippen LogP contribution in [0.3, 0.4) is 0 Å². The topological polar surface area (TPSA) is 41.1 Å². The largest absolute Gasteiger partial charge is 0.290 e. The van der Waals surface area contributed by atoms with Crippen molar-refractivity contribution in [1.82, 2.24) is 10.9 Å². The van der Waals surface area contributed by atoms with Crippen LogP contribution in [-0.2, 0) is 4.79 Å². The molecule has 0 aliphatic carbocycles. The summed E-state index contributed by atoms with van der Waals surface area (Å²) in [5, 5.41) is 0. The van der Waals surface area contributed by atoms with Crippen LogP contribution in [-0.4, -0.2) is 16.5 Å². The number of hydrogen-bond donors (Lipinski definition) is 2. The van der Waals surface area contributed by atoms with E-state index < -0.39 is 0 Å². The maximum atomic E-state index is 10.6. The highest BCUT2D eigenvalue weighted by atomic mass is 32.2. The number of hydrazine groups is 1. The molecule has 0 spiro atoms. The zero-order valence-electron chi connectivity index (χ0n) is 5.52. The molecule has 52 valence electrons. The minimum absolute atomic E-state index is 0.00604. The SMILES string of the molecule is CC1(C)NNC(=O)CS1. The van der Waals surface area contributed by atoms with E-state index in [0.717, 1.165) is 0 Å². The number of hydrogen-bond acceptors (Lipinski definition) is 3. The summed E-state index contributed by atoms with van der Waals surface area (Å²) in [5.41, 5.74) is 5.43. The number of carbonyl (C=O) groups excluding carboxylic acids is 1. The van der Waals surface area contributed by atoms with E-state index in [1.165, 1.54) is 0 Å². The van der Waals surface area contributed by atoms with Gasteiger partial charge >= 0.3 is 0 Å². The smallest absolute Gasteiger partial charge is 0.244 e. The van der Waals surface area contributed by atoms with Crippen molar-refractivity contribution >= 4 is 17.7 Å². The van der Waals surface area contributed by atoms with Crippen molar-refractivity contribution in [2.45, 2.75) is 18.7 Å². The fourth-order valence-electron chi connectivity index (χ4n) is 0.538. The van der Waals surface area contributed by atoms with Crippen molar-refractivity contribution in [3.63, 3.8) is 0 Å². The molecular formula is C5H10N2OS. The molecule has 0 aromatic rings. The van der Waals surface area contributed by atoms with Gasteiger partial charge in [0.25, 0.3) is 0 Å². The van der Waals surface area contributed by atoms with Crippen LogP contribution in [0.15, 0.2) is 0 Å². The van der Waals surface area contributed by atoms with Crippen LogP contribution in [0.1, 0.15) is 13.8 Å². The highest BCUT2D eigenvalue weighted by Crippen LogP contribution is 2.21. The summed E-state index contributed by atoms with van der Waals surface area (Å²) in [7, 11) is 0. The third kappa shape index (κ3) is 1.87. The van der Waals surface area contributed by atoms with Gasteiger partial charge in [0.2, 0.25) is 5.91 Å². The van der Waals surface area contributed by atoms with Gasteiger partial charge in [0.1, 0.15) is 0 Å². The van der Waals surface area contributed by atoms with Crippen molar-refractivity contribution in [2.24, 2.45) is 0 Å². The molecule has 4 heteroatoms. The first-order valence-electron chi connectivity index (χ1n) is 2.80. The van der Waals surface area contributed by atoms with Gasteiger partial charge < -0.3 is 0 Å². The zero-order valence-corrected chi connectivity index (χ0v) is 6.34. The second-order valence-corrected chi connectivity index (χ2v) is 4.07. The van der Waals surface area contributed by atoms with Crippen molar-refractivity contribution in [2.75, 3.05) is 5.75 Å². The Morgan fingerprint density at radius 1 is 1.67 bits per heavy atom. The zero-order chi connectivity index (χ0) is 6.91. The standard InChI is InChI=1S/C5H10N2OS/c1-5(2)7-6-4(8)3-9-5/h7H,3H2,1-2H3,(H,6,8). The summed E-state index contributed by atoms with van der Waals surface area (Å²) in [6.07, 6.45) is 0. The molecule has 1 fully saturated rings. The van der Waals surface area contributed by atoms with E-state index in [1.54, 1.807) is 11.8 Å². The quantitative estimate of drug-likeness (QED) is 0.509. The van der Waals surface area contributed by atoms with E-state index in [2.05, 4.69) is 10.9 Å². The molecule has 0 unspecified atom stereocenters. The van der Waals surface area contributed by atoms with Crippen molar-refractivity contribution in [3.05, 3.63) is 0 Å². The van der Waals surface area contributed by atoms with Crippen LogP contribution in [0.5, 0.6) is 0 Å². The normalized spacial score (nSPS) is 25.3. The van der Waals surface area contributed by atoms with E-state index in [9.17, 15) is 4.79 Å². The van der Waals surface area contributed by atoms with Gasteiger partial charge in [-0.3, -0.25) is 10.2 Å². The van der Waals surface area contributed by atoms with Gasteiger partial charge in [0.05, 0.1) is 10.6 Å². The molecule has 1 aliphatic rings. The first-order valence-corrected chi connectivity index (χ1v) is 3.79. The van der Waals surface area contributed by atoms with E-state index in [1.807, 2.05) is 13.8 Å². The van der Waals surface area contributed by atoms with E-state index >= 15 is 0 Å². The fraction of sp³-hybridized carbons (Fsp3) is 0.800. The minimum atomic E-state index is -0.00604. The van der Waals surface area contributed by atoms with Crippen LogP contribution in [0.25, 0.3) is 0 Å². The molecule has 0 atom stereocenters. The van der Waals surface area contributed by atoms with Gasteiger partial charge in [0.15, 0.2) is 0 Å². The molecule has 2 N–H and O–H groups in total. The summed E-state index contributed by atoms with van der Waals surface area (Å²) >= 11 is 1.61. The van der Waals surface area contributed by atoms with Crippen LogP contribution >= 0.6 is 11.8 Å². The van der Waals surface area contributed by atoms with Gasteiger partial charge in [0, 0.05) is 0 Å². The van der Waals surface area contributed by atoms with Crippen molar-refractivity contribution in [3.8, 4) is 0 Å². The maximum Gasteiger partial charge on any atom is 0.244 e. The average Bonchev–Trinajstić information content (AvgIpc) is 1.78. The highest BCUT2D eigenvalue weighted by molar-refractivity contribution is 8.01. The van der Waals surface area contributed by atoms with Gasteiger partial charge in [-0.1, -0.05) is 0 Å². The Balaban J connectivity index is 2.44. The Morgan fingerprint density at radius 3 is 2.67 bits per heavy atom. The summed E-state index contributed by atoms with van der Waals surface area (Å²) in [4.78, 5) is 10.6. The summed E-state index contributed by atoms with van der Waals surface area (Å²) in [5.74, 6) is 0.610. The molecule has 0 saturated carbocycles. The van der Waals surface area contributed by atoms with Gasteiger partial charge in [-0.15, -0.1) is 11.8 Å². The highest BCUT2D eigenvalue weighted by Gasteiger charge is 2.24. The Labute approximate surface area is 58.5 Å². The monoisotopic (exact) mass is 146 g/mol. The third-order valence-corrected chi connectivity index (χ3v) is 2.30. The van der Waals surface area contributed by atoms with Crippen LogP contribution in [0, 0.1) is 0 Å². The summed E-state index contributed by atoms with van der Waals surface area (Å²) in [6, 6.07) is 0. The number of thioether (sulfide) groups is 1. The number of carbonyl (C=O) groups is 1. The van der Waals surface area contributed by atoms with Crippen molar-refractivity contribution in [1.29, 1.82) is 0 Å². The molecule has 1 aliphatic heterocycles.